The van der Waals surface area contributed by atoms with E-state index in [0.29, 0.717) is 0 Å². The van der Waals surface area contributed by atoms with Crippen molar-refractivity contribution in [2.24, 2.45) is 0 Å². The van der Waals surface area contributed by atoms with Crippen molar-refractivity contribution in [2.75, 3.05) is 0 Å². The number of aromatic nitrogens is 6. The van der Waals surface area contributed by atoms with E-state index in [1.807, 2.05) is 30.7 Å². The predicted octanol–water partition coefficient (Wildman–Crippen LogP) is 9.78. The molecule has 47 heavy (non-hydrogen) atoms. The highest BCUT2D eigenvalue weighted by molar-refractivity contribution is 6.34. The van der Waals surface area contributed by atoms with E-state index in [9.17, 15) is 0 Å². The van der Waals surface area contributed by atoms with Crippen LogP contribution in [0, 0.1) is 0 Å². The molecule has 0 radical (unpaired) electrons. The Balaban J connectivity index is 1.43. The molecule has 0 N–H and O–H groups in total. The van der Waals surface area contributed by atoms with Crippen LogP contribution < -0.4 is 0 Å². The fourth-order valence-electron chi connectivity index (χ4n) is 7.91. The summed E-state index contributed by atoms with van der Waals surface area (Å²) in [7, 11) is 0. The molecular weight excluding hydrogens is 576 g/mol. The lowest BCUT2D eigenvalue weighted by atomic mass is 10.00. The van der Waals surface area contributed by atoms with Crippen LogP contribution >= 0.6 is 0 Å². The lowest BCUT2D eigenvalue weighted by molar-refractivity contribution is 1.17. The standard InChI is InChI=1S/C41H24N6/c1-3-10-25(11-4-1)45-32-16-8-7-14-27(32)38-34(45)19-17-29-37-33(46(39(29)38)26-12-5-2-6-13-26)20-18-30-36(37)28-21-23-42-24-35(28)47-40(30)44-31-15-9-22-43-41(31)47/h1-24H. The average molecular weight is 601 g/mol. The van der Waals surface area contributed by atoms with Gasteiger partial charge in [-0.25, -0.2) is 9.97 Å². The molecule has 0 aliphatic rings. The number of pyridine rings is 3. The maximum Gasteiger partial charge on any atom is 0.165 e. The van der Waals surface area contributed by atoms with Gasteiger partial charge in [-0.2, -0.15) is 0 Å². The van der Waals surface area contributed by atoms with Crippen molar-refractivity contribution >= 4 is 82.1 Å². The zero-order valence-electron chi connectivity index (χ0n) is 25.0. The molecule has 0 amide bonds. The molecule has 11 rings (SSSR count). The molecule has 218 valence electrons. The largest absolute Gasteiger partial charge is 0.309 e. The highest BCUT2D eigenvalue weighted by Gasteiger charge is 2.24. The van der Waals surface area contributed by atoms with E-state index in [0.717, 1.165) is 50.0 Å². The van der Waals surface area contributed by atoms with Gasteiger partial charge in [-0.3, -0.25) is 9.38 Å². The molecule has 0 fully saturated rings. The summed E-state index contributed by atoms with van der Waals surface area (Å²) in [6.45, 7) is 0. The Bertz CT molecular complexity index is 3060. The molecular formula is C41H24N6. The Hall–Kier alpha value is -6.53. The molecule has 5 aromatic carbocycles. The molecule has 0 atom stereocenters. The molecule has 0 saturated heterocycles. The van der Waals surface area contributed by atoms with Crippen LogP contribution in [0.25, 0.3) is 93.5 Å². The van der Waals surface area contributed by atoms with Crippen LogP contribution in [0.2, 0.25) is 0 Å². The molecule has 6 nitrogen and oxygen atoms in total. The van der Waals surface area contributed by atoms with Crippen LogP contribution in [-0.2, 0) is 0 Å². The first-order valence-corrected chi connectivity index (χ1v) is 15.8. The first-order valence-electron chi connectivity index (χ1n) is 15.8. The number of para-hydroxylation sites is 3. The smallest absolute Gasteiger partial charge is 0.165 e. The molecule has 0 unspecified atom stereocenters. The van der Waals surface area contributed by atoms with Gasteiger partial charge in [0.2, 0.25) is 0 Å². The van der Waals surface area contributed by atoms with E-state index in [2.05, 4.69) is 134 Å². The number of fused-ring (bicyclic) bond motifs is 16. The summed E-state index contributed by atoms with van der Waals surface area (Å²) in [4.78, 5) is 14.4. The normalized spacial score (nSPS) is 12.3. The molecule has 0 bridgehead atoms. The van der Waals surface area contributed by atoms with Gasteiger partial charge in [0.15, 0.2) is 5.65 Å². The quantitative estimate of drug-likeness (QED) is 0.186. The fourth-order valence-corrected chi connectivity index (χ4v) is 7.91. The summed E-state index contributed by atoms with van der Waals surface area (Å²) in [6, 6.07) is 45.4. The van der Waals surface area contributed by atoms with Gasteiger partial charge >= 0.3 is 0 Å². The number of hydrogen-bond acceptors (Lipinski definition) is 3. The Morgan fingerprint density at radius 1 is 0.426 bits per heavy atom. The molecule has 6 heteroatoms. The van der Waals surface area contributed by atoms with Crippen LogP contribution in [0.1, 0.15) is 0 Å². The highest BCUT2D eigenvalue weighted by Crippen LogP contribution is 2.45. The molecule has 6 aromatic heterocycles. The lowest BCUT2D eigenvalue weighted by Gasteiger charge is -2.11. The van der Waals surface area contributed by atoms with Gasteiger partial charge in [0.05, 0.1) is 33.8 Å². The topological polar surface area (TPSA) is 52.9 Å². The van der Waals surface area contributed by atoms with Gasteiger partial charge in [-0.1, -0.05) is 60.7 Å². The molecule has 0 saturated carbocycles. The Labute approximate surface area is 267 Å². The van der Waals surface area contributed by atoms with Gasteiger partial charge in [-0.15, -0.1) is 0 Å². The molecule has 0 spiro atoms. The Kier molecular flexibility index (Phi) is 4.75. The van der Waals surface area contributed by atoms with Crippen molar-refractivity contribution in [1.82, 2.24) is 28.5 Å². The van der Waals surface area contributed by atoms with Gasteiger partial charge < -0.3 is 9.13 Å². The number of rotatable bonds is 2. The minimum Gasteiger partial charge on any atom is -0.309 e. The second-order valence-corrected chi connectivity index (χ2v) is 12.1. The second-order valence-electron chi connectivity index (χ2n) is 12.1. The molecule has 0 aliphatic carbocycles. The van der Waals surface area contributed by atoms with Gasteiger partial charge in [0.1, 0.15) is 11.2 Å². The van der Waals surface area contributed by atoms with Crippen molar-refractivity contribution < 1.29 is 0 Å². The van der Waals surface area contributed by atoms with Crippen LogP contribution in [-0.4, -0.2) is 28.5 Å². The number of benzene rings is 5. The zero-order chi connectivity index (χ0) is 30.6. The Morgan fingerprint density at radius 2 is 1.13 bits per heavy atom. The summed E-state index contributed by atoms with van der Waals surface area (Å²) in [5.41, 5.74) is 10.6. The first-order chi connectivity index (χ1) is 23.4. The van der Waals surface area contributed by atoms with Crippen molar-refractivity contribution in [3.63, 3.8) is 0 Å². The maximum atomic E-state index is 5.14. The summed E-state index contributed by atoms with van der Waals surface area (Å²) in [6.07, 6.45) is 5.66. The van der Waals surface area contributed by atoms with Crippen LogP contribution in [0.5, 0.6) is 0 Å². The fraction of sp³-hybridized carbons (Fsp3) is 0. The maximum absolute atomic E-state index is 5.14. The van der Waals surface area contributed by atoms with E-state index < -0.39 is 0 Å². The number of hydrogen-bond donors (Lipinski definition) is 0. The Morgan fingerprint density at radius 3 is 1.96 bits per heavy atom. The predicted molar refractivity (Wildman–Crippen MR) is 192 cm³/mol. The minimum atomic E-state index is 0.838. The van der Waals surface area contributed by atoms with Crippen molar-refractivity contribution in [1.29, 1.82) is 0 Å². The lowest BCUT2D eigenvalue weighted by Crippen LogP contribution is -1.96. The van der Waals surface area contributed by atoms with E-state index in [4.69, 9.17) is 9.97 Å². The molecule has 11 aromatic rings. The monoisotopic (exact) mass is 600 g/mol. The van der Waals surface area contributed by atoms with E-state index in [1.54, 1.807) is 0 Å². The highest BCUT2D eigenvalue weighted by atomic mass is 15.1. The minimum absolute atomic E-state index is 0.838. The summed E-state index contributed by atoms with van der Waals surface area (Å²) in [5.74, 6) is 0. The molecule has 0 aliphatic heterocycles. The number of imidazole rings is 1. The van der Waals surface area contributed by atoms with Crippen LogP contribution in [0.4, 0.5) is 0 Å². The number of nitrogens with zero attached hydrogens (tertiary/aromatic N) is 6. The summed E-state index contributed by atoms with van der Waals surface area (Å²) in [5, 5.41) is 8.26. The third kappa shape index (κ3) is 3.16. The van der Waals surface area contributed by atoms with Crippen LogP contribution in [0.15, 0.2) is 146 Å². The van der Waals surface area contributed by atoms with Crippen molar-refractivity contribution in [2.45, 2.75) is 0 Å². The van der Waals surface area contributed by atoms with Gasteiger partial charge in [0.25, 0.3) is 0 Å². The van der Waals surface area contributed by atoms with Crippen molar-refractivity contribution in [3.8, 4) is 11.4 Å². The third-order valence-corrected chi connectivity index (χ3v) is 9.72. The SMILES string of the molecule is c1ccc(-n2c3ccccc3c3c2ccc2c4c5c6ccncc6n6c7ncccc7nc6c5ccc4n(-c4ccccc4)c23)cc1. The van der Waals surface area contributed by atoms with E-state index >= 15 is 0 Å². The molecule has 6 heterocycles. The van der Waals surface area contributed by atoms with Crippen molar-refractivity contribution in [3.05, 3.63) is 146 Å². The average Bonchev–Trinajstić information content (AvgIpc) is 3.80. The van der Waals surface area contributed by atoms with E-state index in [1.165, 1.54) is 43.5 Å². The van der Waals surface area contributed by atoms with Gasteiger partial charge in [0, 0.05) is 61.5 Å². The van der Waals surface area contributed by atoms with E-state index in [-0.39, 0.29) is 0 Å². The first kappa shape index (κ1) is 24.8. The summed E-state index contributed by atoms with van der Waals surface area (Å²) >= 11 is 0. The second kappa shape index (κ2) is 9.02. The van der Waals surface area contributed by atoms with Crippen LogP contribution in [0.3, 0.4) is 0 Å². The zero-order valence-corrected chi connectivity index (χ0v) is 25.0. The van der Waals surface area contributed by atoms with Gasteiger partial charge in [-0.05, 0) is 66.7 Å². The summed E-state index contributed by atoms with van der Waals surface area (Å²) < 4.78 is 7.01. The third-order valence-electron chi connectivity index (χ3n) is 9.72.